The van der Waals surface area contributed by atoms with Gasteiger partial charge >= 0.3 is 0 Å². The van der Waals surface area contributed by atoms with Gasteiger partial charge in [0.25, 0.3) is 5.91 Å². The van der Waals surface area contributed by atoms with Crippen LogP contribution in [0.3, 0.4) is 0 Å². The maximum absolute atomic E-state index is 12.2. The Kier molecular flexibility index (Phi) is 5.84. The zero-order valence-corrected chi connectivity index (χ0v) is 18.0. The summed E-state index contributed by atoms with van der Waals surface area (Å²) in [6.07, 6.45) is 1.49. The number of carbonyl (C=O) groups excluding carboxylic acids is 1. The standard InChI is InChI=1S/C23H23BrN2O2/c1-15-5-6-17(13-20(15)24)21-12-11-19(28-21)14-25-26-22(27)16-7-9-18(10-8-16)23(2,3)4/h5-14H,1-4H3,(H,26,27)/b25-14-. The number of nitrogens with one attached hydrogen (secondary N) is 1. The minimum absolute atomic E-state index is 0.0528. The molecule has 0 saturated heterocycles. The van der Waals surface area contributed by atoms with E-state index in [4.69, 9.17) is 4.42 Å². The van der Waals surface area contributed by atoms with Crippen molar-refractivity contribution in [2.24, 2.45) is 5.10 Å². The second kappa shape index (κ2) is 8.15. The first-order chi connectivity index (χ1) is 13.2. The Labute approximate surface area is 173 Å². The van der Waals surface area contributed by atoms with Crippen LogP contribution in [0.15, 0.2) is 68.6 Å². The molecule has 2 aromatic carbocycles. The molecule has 0 aliphatic rings. The van der Waals surface area contributed by atoms with Crippen LogP contribution >= 0.6 is 15.9 Å². The lowest BCUT2D eigenvalue weighted by Crippen LogP contribution is -2.18. The fourth-order valence-electron chi connectivity index (χ4n) is 2.66. The smallest absolute Gasteiger partial charge is 0.271 e. The molecule has 0 radical (unpaired) electrons. The largest absolute Gasteiger partial charge is 0.455 e. The normalized spacial score (nSPS) is 11.8. The molecule has 1 heterocycles. The molecule has 4 nitrogen and oxygen atoms in total. The van der Waals surface area contributed by atoms with Crippen LogP contribution in [0.4, 0.5) is 0 Å². The summed E-state index contributed by atoms with van der Waals surface area (Å²) in [5.41, 5.74) is 6.47. The van der Waals surface area contributed by atoms with E-state index in [-0.39, 0.29) is 11.3 Å². The minimum atomic E-state index is -0.258. The van der Waals surface area contributed by atoms with Crippen molar-refractivity contribution in [2.75, 3.05) is 0 Å². The van der Waals surface area contributed by atoms with E-state index in [0.717, 1.165) is 21.4 Å². The molecule has 144 valence electrons. The number of amides is 1. The van der Waals surface area contributed by atoms with Crippen molar-refractivity contribution >= 4 is 28.1 Å². The van der Waals surface area contributed by atoms with Crippen LogP contribution in [-0.2, 0) is 5.41 Å². The first-order valence-corrected chi connectivity index (χ1v) is 9.83. The van der Waals surface area contributed by atoms with Gasteiger partial charge in [0.2, 0.25) is 0 Å². The number of benzene rings is 2. The molecule has 1 N–H and O–H groups in total. The Morgan fingerprint density at radius 3 is 2.43 bits per heavy atom. The fraction of sp³-hybridized carbons (Fsp3) is 0.217. The predicted octanol–water partition coefficient (Wildman–Crippen LogP) is 6.08. The highest BCUT2D eigenvalue weighted by molar-refractivity contribution is 9.10. The van der Waals surface area contributed by atoms with Crippen molar-refractivity contribution in [1.82, 2.24) is 5.43 Å². The molecule has 0 bridgehead atoms. The minimum Gasteiger partial charge on any atom is -0.455 e. The van der Waals surface area contributed by atoms with Gasteiger partial charge in [0.1, 0.15) is 11.5 Å². The Bertz CT molecular complexity index is 1010. The van der Waals surface area contributed by atoms with Gasteiger partial charge in [-0.2, -0.15) is 5.10 Å². The topological polar surface area (TPSA) is 54.6 Å². The molecule has 0 spiro atoms. The molecule has 0 fully saturated rings. The number of carbonyl (C=O) groups is 1. The first kappa shape index (κ1) is 20.1. The zero-order chi connectivity index (χ0) is 20.3. The van der Waals surface area contributed by atoms with Crippen molar-refractivity contribution in [3.63, 3.8) is 0 Å². The SMILES string of the molecule is Cc1ccc(-c2ccc(/C=N\NC(=O)c3ccc(C(C)(C)C)cc3)o2)cc1Br. The summed E-state index contributed by atoms with van der Waals surface area (Å²) >= 11 is 3.53. The first-order valence-electron chi connectivity index (χ1n) is 9.04. The van der Waals surface area contributed by atoms with Gasteiger partial charge in [-0.3, -0.25) is 4.79 Å². The van der Waals surface area contributed by atoms with Crippen molar-refractivity contribution in [3.8, 4) is 11.3 Å². The Hall–Kier alpha value is -2.66. The van der Waals surface area contributed by atoms with E-state index in [1.54, 1.807) is 0 Å². The summed E-state index contributed by atoms with van der Waals surface area (Å²) in [4.78, 5) is 12.2. The highest BCUT2D eigenvalue weighted by Crippen LogP contribution is 2.27. The summed E-state index contributed by atoms with van der Waals surface area (Å²) in [6, 6.07) is 17.3. The van der Waals surface area contributed by atoms with Crippen molar-refractivity contribution in [1.29, 1.82) is 0 Å². The average molecular weight is 439 g/mol. The number of halogens is 1. The van der Waals surface area contributed by atoms with Gasteiger partial charge in [-0.15, -0.1) is 0 Å². The van der Waals surface area contributed by atoms with E-state index in [1.807, 2.05) is 61.5 Å². The number of hydrazone groups is 1. The highest BCUT2D eigenvalue weighted by Gasteiger charge is 2.14. The number of hydrogen-bond donors (Lipinski definition) is 1. The maximum Gasteiger partial charge on any atom is 0.271 e. The molecular formula is C23H23BrN2O2. The van der Waals surface area contributed by atoms with Gasteiger partial charge in [-0.25, -0.2) is 5.43 Å². The summed E-state index contributed by atoms with van der Waals surface area (Å²) in [6.45, 7) is 8.45. The van der Waals surface area contributed by atoms with Crippen LogP contribution in [-0.4, -0.2) is 12.1 Å². The van der Waals surface area contributed by atoms with E-state index < -0.39 is 0 Å². The summed E-state index contributed by atoms with van der Waals surface area (Å²) in [7, 11) is 0. The third kappa shape index (κ3) is 4.78. The van der Waals surface area contributed by atoms with Gasteiger partial charge in [0.05, 0.1) is 6.21 Å². The van der Waals surface area contributed by atoms with Crippen LogP contribution in [0, 0.1) is 6.92 Å². The third-order valence-corrected chi connectivity index (χ3v) is 5.31. The van der Waals surface area contributed by atoms with E-state index in [1.165, 1.54) is 11.8 Å². The van der Waals surface area contributed by atoms with E-state index in [0.29, 0.717) is 11.3 Å². The molecule has 0 aliphatic carbocycles. The van der Waals surface area contributed by atoms with Crippen LogP contribution in [0.5, 0.6) is 0 Å². The molecule has 5 heteroatoms. The fourth-order valence-corrected chi connectivity index (χ4v) is 3.04. The third-order valence-electron chi connectivity index (χ3n) is 4.45. The number of rotatable bonds is 4. The Morgan fingerprint density at radius 2 is 1.79 bits per heavy atom. The van der Waals surface area contributed by atoms with E-state index in [9.17, 15) is 4.79 Å². The highest BCUT2D eigenvalue weighted by atomic mass is 79.9. The second-order valence-electron chi connectivity index (χ2n) is 7.69. The Balaban J connectivity index is 1.64. The maximum atomic E-state index is 12.2. The monoisotopic (exact) mass is 438 g/mol. The lowest BCUT2D eigenvalue weighted by molar-refractivity contribution is 0.0955. The number of nitrogens with zero attached hydrogens (tertiary/aromatic N) is 1. The van der Waals surface area contributed by atoms with E-state index in [2.05, 4.69) is 47.2 Å². The molecule has 3 aromatic rings. The summed E-state index contributed by atoms with van der Waals surface area (Å²) in [5, 5.41) is 4.00. The lowest BCUT2D eigenvalue weighted by Gasteiger charge is -2.18. The Morgan fingerprint density at radius 1 is 1.07 bits per heavy atom. The molecule has 0 unspecified atom stereocenters. The van der Waals surface area contributed by atoms with Crippen molar-refractivity contribution in [2.45, 2.75) is 33.1 Å². The second-order valence-corrected chi connectivity index (χ2v) is 8.55. The number of hydrogen-bond acceptors (Lipinski definition) is 3. The van der Waals surface area contributed by atoms with Crippen molar-refractivity contribution in [3.05, 3.63) is 81.5 Å². The molecule has 28 heavy (non-hydrogen) atoms. The number of aryl methyl sites for hydroxylation is 1. The molecule has 0 atom stereocenters. The summed E-state index contributed by atoms with van der Waals surface area (Å²) in [5.74, 6) is 1.05. The molecule has 0 saturated carbocycles. The lowest BCUT2D eigenvalue weighted by atomic mass is 9.87. The molecule has 1 aromatic heterocycles. The van der Waals surface area contributed by atoms with Crippen LogP contribution in [0.25, 0.3) is 11.3 Å². The van der Waals surface area contributed by atoms with E-state index >= 15 is 0 Å². The molecular weight excluding hydrogens is 416 g/mol. The van der Waals surface area contributed by atoms with Gasteiger partial charge in [-0.1, -0.05) is 61.0 Å². The van der Waals surface area contributed by atoms with Gasteiger partial charge < -0.3 is 4.42 Å². The van der Waals surface area contributed by atoms with Gasteiger partial charge in [0.15, 0.2) is 0 Å². The van der Waals surface area contributed by atoms with Gasteiger partial charge in [0, 0.05) is 15.6 Å². The van der Waals surface area contributed by atoms with Crippen LogP contribution in [0.2, 0.25) is 0 Å². The number of furan rings is 1. The molecule has 3 rings (SSSR count). The molecule has 1 amide bonds. The van der Waals surface area contributed by atoms with Crippen molar-refractivity contribution < 1.29 is 9.21 Å². The average Bonchev–Trinajstić information content (AvgIpc) is 3.12. The van der Waals surface area contributed by atoms with Crippen LogP contribution < -0.4 is 5.43 Å². The quantitative estimate of drug-likeness (QED) is 0.396. The molecule has 0 aliphatic heterocycles. The van der Waals surface area contributed by atoms with Crippen LogP contribution in [0.1, 0.15) is 48.0 Å². The predicted molar refractivity (Wildman–Crippen MR) is 117 cm³/mol. The summed E-state index contributed by atoms with van der Waals surface area (Å²) < 4.78 is 6.81. The zero-order valence-electron chi connectivity index (χ0n) is 16.4. The van der Waals surface area contributed by atoms with Gasteiger partial charge in [-0.05, 0) is 53.8 Å².